The van der Waals surface area contributed by atoms with E-state index in [4.69, 9.17) is 4.74 Å². The standard InChI is InChI=1S/C21H38O/c1-3-5-7-9-11-13-15-17-19-21-20(22-21)18-16-14-12-10-8-6-4-2/h11,13,17,19-21H,3-10,12,14-16,18H2,1-2H3/b13-11-,19-17-. The van der Waals surface area contributed by atoms with Crippen LogP contribution in [0.3, 0.4) is 0 Å². The van der Waals surface area contributed by atoms with E-state index in [-0.39, 0.29) is 0 Å². The molecule has 1 aliphatic heterocycles. The smallest absolute Gasteiger partial charge is 0.102 e. The number of hydrogen-bond acceptors (Lipinski definition) is 1. The lowest BCUT2D eigenvalue weighted by molar-refractivity contribution is 0.372. The van der Waals surface area contributed by atoms with Crippen molar-refractivity contribution in [1.29, 1.82) is 0 Å². The molecule has 1 nitrogen and oxygen atoms in total. The summed E-state index contributed by atoms with van der Waals surface area (Å²) in [7, 11) is 0. The van der Waals surface area contributed by atoms with E-state index in [9.17, 15) is 0 Å². The lowest BCUT2D eigenvalue weighted by Crippen LogP contribution is -1.91. The number of unbranched alkanes of at least 4 members (excludes halogenated alkanes) is 9. The molecule has 0 aromatic heterocycles. The first kappa shape index (κ1) is 19.5. The molecule has 0 spiro atoms. The van der Waals surface area contributed by atoms with Crippen LogP contribution in [0.4, 0.5) is 0 Å². The Labute approximate surface area is 139 Å². The van der Waals surface area contributed by atoms with Gasteiger partial charge >= 0.3 is 0 Å². The molecule has 1 heterocycles. The highest BCUT2D eigenvalue weighted by Crippen LogP contribution is 2.28. The molecule has 1 fully saturated rings. The summed E-state index contributed by atoms with van der Waals surface area (Å²) < 4.78 is 5.71. The van der Waals surface area contributed by atoms with Crippen LogP contribution in [0, 0.1) is 0 Å². The van der Waals surface area contributed by atoms with Gasteiger partial charge in [0.05, 0.1) is 6.10 Å². The molecule has 22 heavy (non-hydrogen) atoms. The quantitative estimate of drug-likeness (QED) is 0.181. The van der Waals surface area contributed by atoms with Gasteiger partial charge < -0.3 is 4.74 Å². The van der Waals surface area contributed by atoms with Crippen LogP contribution in [-0.4, -0.2) is 12.2 Å². The van der Waals surface area contributed by atoms with Gasteiger partial charge in [-0.25, -0.2) is 0 Å². The van der Waals surface area contributed by atoms with E-state index in [1.165, 1.54) is 77.0 Å². The Morgan fingerprint density at radius 3 is 2.18 bits per heavy atom. The van der Waals surface area contributed by atoms with Crippen molar-refractivity contribution in [2.45, 2.75) is 110 Å². The zero-order valence-corrected chi connectivity index (χ0v) is 15.1. The molecule has 1 saturated heterocycles. The summed E-state index contributed by atoms with van der Waals surface area (Å²) >= 11 is 0. The lowest BCUT2D eigenvalue weighted by atomic mass is 10.1. The first-order valence-corrected chi connectivity index (χ1v) is 9.85. The maximum Gasteiger partial charge on any atom is 0.102 e. The van der Waals surface area contributed by atoms with Gasteiger partial charge in [-0.1, -0.05) is 95.9 Å². The maximum atomic E-state index is 5.71. The van der Waals surface area contributed by atoms with Gasteiger partial charge in [-0.2, -0.15) is 0 Å². The highest BCUT2D eigenvalue weighted by molar-refractivity contribution is 5.04. The molecule has 1 aliphatic rings. The van der Waals surface area contributed by atoms with Gasteiger partial charge in [-0.3, -0.25) is 0 Å². The molecule has 1 heteroatoms. The molecule has 0 bridgehead atoms. The Kier molecular flexibility index (Phi) is 12.5. The lowest BCUT2D eigenvalue weighted by Gasteiger charge is -1.99. The van der Waals surface area contributed by atoms with Crippen molar-refractivity contribution < 1.29 is 4.74 Å². The van der Waals surface area contributed by atoms with Crippen molar-refractivity contribution in [2.75, 3.05) is 0 Å². The molecule has 0 saturated carbocycles. The Morgan fingerprint density at radius 2 is 1.41 bits per heavy atom. The topological polar surface area (TPSA) is 12.5 Å². The number of hydrogen-bond donors (Lipinski definition) is 0. The van der Waals surface area contributed by atoms with Crippen LogP contribution in [0.25, 0.3) is 0 Å². The van der Waals surface area contributed by atoms with Crippen LogP contribution in [-0.2, 0) is 4.74 Å². The third-order valence-corrected chi connectivity index (χ3v) is 4.45. The Morgan fingerprint density at radius 1 is 0.727 bits per heavy atom. The third-order valence-electron chi connectivity index (χ3n) is 4.45. The SMILES string of the molecule is CCCCC/C=C\C/C=C\C1OC1CCCCCCCCC. The molecular weight excluding hydrogens is 268 g/mol. The van der Waals surface area contributed by atoms with Crippen LogP contribution in [0.2, 0.25) is 0 Å². The van der Waals surface area contributed by atoms with Crippen molar-refractivity contribution in [1.82, 2.24) is 0 Å². The first-order chi connectivity index (χ1) is 10.9. The second-order valence-electron chi connectivity index (χ2n) is 6.68. The highest BCUT2D eigenvalue weighted by atomic mass is 16.6. The van der Waals surface area contributed by atoms with Gasteiger partial charge in [-0.15, -0.1) is 0 Å². The average Bonchev–Trinajstić information content (AvgIpc) is 3.27. The van der Waals surface area contributed by atoms with E-state index in [1.807, 2.05) is 0 Å². The van der Waals surface area contributed by atoms with Gasteiger partial charge in [0, 0.05) is 0 Å². The van der Waals surface area contributed by atoms with Crippen LogP contribution in [0.15, 0.2) is 24.3 Å². The highest BCUT2D eigenvalue weighted by Gasteiger charge is 2.35. The van der Waals surface area contributed by atoms with Crippen molar-refractivity contribution in [2.24, 2.45) is 0 Å². The van der Waals surface area contributed by atoms with E-state index in [1.54, 1.807) is 0 Å². The molecule has 0 radical (unpaired) electrons. The first-order valence-electron chi connectivity index (χ1n) is 9.85. The number of ether oxygens (including phenoxy) is 1. The van der Waals surface area contributed by atoms with E-state index >= 15 is 0 Å². The maximum absolute atomic E-state index is 5.71. The summed E-state index contributed by atoms with van der Waals surface area (Å²) in [6, 6.07) is 0. The molecule has 0 aliphatic carbocycles. The Bertz CT molecular complexity index is 292. The second-order valence-corrected chi connectivity index (χ2v) is 6.68. The molecule has 0 aromatic rings. The van der Waals surface area contributed by atoms with Gasteiger partial charge in [0.15, 0.2) is 0 Å². The molecular formula is C21H38O. The minimum atomic E-state index is 0.425. The average molecular weight is 307 g/mol. The molecule has 2 unspecified atom stereocenters. The van der Waals surface area contributed by atoms with E-state index < -0.39 is 0 Å². The predicted molar refractivity (Wildman–Crippen MR) is 98.3 cm³/mol. The summed E-state index contributed by atoms with van der Waals surface area (Å²) in [4.78, 5) is 0. The predicted octanol–water partition coefficient (Wildman–Crippen LogP) is 6.98. The summed E-state index contributed by atoms with van der Waals surface area (Å²) in [5.41, 5.74) is 0. The van der Waals surface area contributed by atoms with Crippen molar-refractivity contribution in [3.05, 3.63) is 24.3 Å². The van der Waals surface area contributed by atoms with Gasteiger partial charge in [-0.05, 0) is 25.7 Å². The number of epoxide rings is 1. The molecule has 1 rings (SSSR count). The number of rotatable bonds is 15. The Hall–Kier alpha value is -0.560. The van der Waals surface area contributed by atoms with Crippen LogP contribution >= 0.6 is 0 Å². The van der Waals surface area contributed by atoms with Crippen molar-refractivity contribution in [3.8, 4) is 0 Å². The molecule has 0 amide bonds. The number of allylic oxidation sites excluding steroid dienone is 3. The fourth-order valence-corrected chi connectivity index (χ4v) is 2.88. The zero-order valence-electron chi connectivity index (χ0n) is 15.1. The third kappa shape index (κ3) is 11.1. The molecule has 128 valence electrons. The monoisotopic (exact) mass is 306 g/mol. The van der Waals surface area contributed by atoms with Gasteiger partial charge in [0.2, 0.25) is 0 Å². The summed E-state index contributed by atoms with van der Waals surface area (Å²) in [5.74, 6) is 0. The fourth-order valence-electron chi connectivity index (χ4n) is 2.88. The Balaban J connectivity index is 1.86. The summed E-state index contributed by atoms with van der Waals surface area (Å²) in [5, 5.41) is 0. The molecule has 0 aromatic carbocycles. The fraction of sp³-hybridized carbons (Fsp3) is 0.810. The molecule has 2 atom stereocenters. The minimum Gasteiger partial charge on any atom is -0.365 e. The van der Waals surface area contributed by atoms with E-state index in [0.29, 0.717) is 12.2 Å². The largest absolute Gasteiger partial charge is 0.365 e. The molecule has 0 N–H and O–H groups in total. The van der Waals surface area contributed by atoms with E-state index in [0.717, 1.165) is 6.42 Å². The van der Waals surface area contributed by atoms with Crippen molar-refractivity contribution in [3.63, 3.8) is 0 Å². The summed E-state index contributed by atoms with van der Waals surface area (Å²) in [6.45, 7) is 4.53. The van der Waals surface area contributed by atoms with Crippen LogP contribution < -0.4 is 0 Å². The van der Waals surface area contributed by atoms with Gasteiger partial charge in [0.1, 0.15) is 6.10 Å². The van der Waals surface area contributed by atoms with Crippen molar-refractivity contribution >= 4 is 0 Å². The summed E-state index contributed by atoms with van der Waals surface area (Å²) in [6.07, 6.45) is 27.4. The van der Waals surface area contributed by atoms with Gasteiger partial charge in [0.25, 0.3) is 0 Å². The van der Waals surface area contributed by atoms with Crippen LogP contribution in [0.5, 0.6) is 0 Å². The zero-order chi connectivity index (χ0) is 15.9. The second kappa shape index (κ2) is 14.1. The normalized spacial score (nSPS) is 21.2. The van der Waals surface area contributed by atoms with E-state index in [2.05, 4.69) is 38.2 Å². The van der Waals surface area contributed by atoms with Crippen LogP contribution in [0.1, 0.15) is 97.3 Å². The minimum absolute atomic E-state index is 0.425.